The van der Waals surface area contributed by atoms with Crippen molar-refractivity contribution < 1.29 is 14.7 Å². The van der Waals surface area contributed by atoms with Gasteiger partial charge in [0.05, 0.1) is 5.56 Å². The third-order valence-electron chi connectivity index (χ3n) is 6.02. The molecular formula is C24H24ClN3O3S. The number of carbonyl (C=O) groups is 2. The fourth-order valence-electron chi connectivity index (χ4n) is 4.18. The van der Waals surface area contributed by atoms with E-state index in [0.29, 0.717) is 5.92 Å². The number of aliphatic imine (C=N–C) groups is 1. The molecule has 2 aromatic carbocycles. The van der Waals surface area contributed by atoms with Crippen LogP contribution in [0.1, 0.15) is 36.0 Å². The van der Waals surface area contributed by atoms with Crippen LogP contribution in [-0.4, -0.2) is 40.1 Å². The fraction of sp³-hybridized carbons (Fsp3) is 0.292. The van der Waals surface area contributed by atoms with Crippen LogP contribution in [-0.2, 0) is 4.79 Å². The summed E-state index contributed by atoms with van der Waals surface area (Å²) in [5.74, 6) is -0.571. The number of hydrogen-bond acceptors (Lipinski definition) is 5. The number of halogens is 1. The molecule has 32 heavy (non-hydrogen) atoms. The van der Waals surface area contributed by atoms with Crippen molar-refractivity contribution in [3.05, 3.63) is 64.7 Å². The van der Waals surface area contributed by atoms with Gasteiger partial charge in [0, 0.05) is 30.4 Å². The molecule has 166 valence electrons. The van der Waals surface area contributed by atoms with Crippen LogP contribution in [0.5, 0.6) is 0 Å². The lowest BCUT2D eigenvalue weighted by atomic mass is 9.82. The third-order valence-corrected chi connectivity index (χ3v) is 7.15. The van der Waals surface area contributed by atoms with Crippen LogP contribution in [0.15, 0.2) is 64.1 Å². The summed E-state index contributed by atoms with van der Waals surface area (Å²) in [6.07, 6.45) is 4.52. The molecule has 2 heterocycles. The molecule has 0 unspecified atom stereocenters. The average molecular weight is 470 g/mol. The van der Waals surface area contributed by atoms with E-state index >= 15 is 0 Å². The highest BCUT2D eigenvalue weighted by Gasteiger charge is 2.39. The maximum Gasteiger partial charge on any atom is 0.335 e. The van der Waals surface area contributed by atoms with E-state index in [0.717, 1.165) is 64.9 Å². The second kappa shape index (κ2) is 9.38. The number of anilines is 1. The quantitative estimate of drug-likeness (QED) is 0.626. The first-order chi connectivity index (χ1) is 15.1. The number of amides is 1. The summed E-state index contributed by atoms with van der Waals surface area (Å²) >= 11 is 1.50. The number of hydrogen-bond donors (Lipinski definition) is 2. The Kier molecular flexibility index (Phi) is 6.58. The van der Waals surface area contributed by atoms with E-state index in [1.165, 1.54) is 18.2 Å². The van der Waals surface area contributed by atoms with E-state index in [4.69, 9.17) is 5.11 Å². The Morgan fingerprint density at radius 1 is 1.06 bits per heavy atom. The number of allylic oxidation sites excluding steroid dienone is 1. The van der Waals surface area contributed by atoms with Crippen molar-refractivity contribution in [2.75, 3.05) is 18.4 Å². The number of thioether (sulfide) groups is 1. The minimum absolute atomic E-state index is 0. The van der Waals surface area contributed by atoms with Gasteiger partial charge >= 0.3 is 5.97 Å². The SMILES string of the molecule is Cl.O=C(Nc1cccc(-c2ccc(C(=O)O)cc2)c1)C1=C(C2CCC2)N2CCCN=C2S1. The molecule has 6 nitrogen and oxygen atoms in total. The van der Waals surface area contributed by atoms with Crippen LogP contribution in [0.3, 0.4) is 0 Å². The molecule has 1 saturated carbocycles. The molecule has 3 aliphatic rings. The van der Waals surface area contributed by atoms with Crippen molar-refractivity contribution in [2.24, 2.45) is 10.9 Å². The maximum absolute atomic E-state index is 13.2. The summed E-state index contributed by atoms with van der Waals surface area (Å²) in [5, 5.41) is 13.1. The first-order valence-corrected chi connectivity index (χ1v) is 11.4. The van der Waals surface area contributed by atoms with Gasteiger partial charge in [0.1, 0.15) is 4.91 Å². The Morgan fingerprint density at radius 3 is 2.53 bits per heavy atom. The van der Waals surface area contributed by atoms with E-state index in [-0.39, 0.29) is 23.9 Å². The Bertz CT molecular complexity index is 1110. The maximum atomic E-state index is 13.2. The van der Waals surface area contributed by atoms with Crippen LogP contribution >= 0.6 is 24.2 Å². The predicted octanol–water partition coefficient (Wildman–Crippen LogP) is 5.23. The summed E-state index contributed by atoms with van der Waals surface area (Å²) in [4.78, 5) is 32.0. The number of carbonyl (C=O) groups excluding carboxylic acids is 1. The monoisotopic (exact) mass is 469 g/mol. The van der Waals surface area contributed by atoms with Crippen molar-refractivity contribution >= 4 is 46.9 Å². The lowest BCUT2D eigenvalue weighted by molar-refractivity contribution is -0.112. The molecule has 0 saturated heterocycles. The summed E-state index contributed by atoms with van der Waals surface area (Å²) < 4.78 is 0. The second-order valence-corrected chi connectivity index (χ2v) is 9.01. The predicted molar refractivity (Wildman–Crippen MR) is 130 cm³/mol. The van der Waals surface area contributed by atoms with Gasteiger partial charge in [0.25, 0.3) is 5.91 Å². The van der Waals surface area contributed by atoms with E-state index in [2.05, 4.69) is 15.2 Å². The molecule has 5 rings (SSSR count). The molecule has 1 fully saturated rings. The van der Waals surface area contributed by atoms with Crippen molar-refractivity contribution in [3.8, 4) is 11.1 Å². The lowest BCUT2D eigenvalue weighted by Crippen LogP contribution is -2.34. The van der Waals surface area contributed by atoms with Gasteiger partial charge in [0.15, 0.2) is 5.17 Å². The number of amidine groups is 1. The number of fused-ring (bicyclic) bond motifs is 1. The Labute approximate surface area is 197 Å². The molecule has 0 radical (unpaired) electrons. The standard InChI is InChI=1S/C24H23N3O3S.ClH/c28-22(21-20(16-4-1-5-16)27-13-3-12-25-24(27)31-21)26-19-7-2-6-18(14-19)15-8-10-17(11-9-15)23(29)30;/h2,6-11,14,16H,1,3-5,12-13H2,(H,26,28)(H,29,30);1H. The second-order valence-electron chi connectivity index (χ2n) is 8.03. The molecule has 2 N–H and O–H groups in total. The van der Waals surface area contributed by atoms with E-state index in [1.807, 2.05) is 24.3 Å². The zero-order valence-corrected chi connectivity index (χ0v) is 19.0. The van der Waals surface area contributed by atoms with Crippen LogP contribution in [0, 0.1) is 5.92 Å². The highest BCUT2D eigenvalue weighted by atomic mass is 35.5. The van der Waals surface area contributed by atoms with Crippen molar-refractivity contribution in [3.63, 3.8) is 0 Å². The number of nitrogens with zero attached hydrogens (tertiary/aromatic N) is 2. The van der Waals surface area contributed by atoms with Gasteiger partial charge in [-0.15, -0.1) is 12.4 Å². The van der Waals surface area contributed by atoms with Gasteiger partial charge in [0.2, 0.25) is 0 Å². The summed E-state index contributed by atoms with van der Waals surface area (Å²) in [5.41, 5.74) is 3.95. The number of carboxylic acid groups (broad SMARTS) is 1. The first-order valence-electron chi connectivity index (χ1n) is 10.6. The van der Waals surface area contributed by atoms with Gasteiger partial charge in [-0.2, -0.15) is 0 Å². The van der Waals surface area contributed by atoms with Crippen LogP contribution < -0.4 is 5.32 Å². The number of benzene rings is 2. The Morgan fingerprint density at radius 2 is 1.84 bits per heavy atom. The van der Waals surface area contributed by atoms with Crippen LogP contribution in [0.2, 0.25) is 0 Å². The minimum atomic E-state index is -0.946. The molecule has 0 spiro atoms. The van der Waals surface area contributed by atoms with Crippen LogP contribution in [0.25, 0.3) is 11.1 Å². The molecule has 8 heteroatoms. The topological polar surface area (TPSA) is 82.0 Å². The molecule has 0 aromatic heterocycles. The van der Waals surface area contributed by atoms with Gasteiger partial charge in [-0.3, -0.25) is 9.79 Å². The number of carboxylic acids is 1. The average Bonchev–Trinajstić information content (AvgIpc) is 3.12. The molecule has 1 amide bonds. The summed E-state index contributed by atoms with van der Waals surface area (Å²) in [6.45, 7) is 1.77. The van der Waals surface area contributed by atoms with E-state index in [9.17, 15) is 9.59 Å². The zero-order chi connectivity index (χ0) is 21.4. The van der Waals surface area contributed by atoms with E-state index < -0.39 is 5.97 Å². The van der Waals surface area contributed by atoms with E-state index in [1.54, 1.807) is 24.3 Å². The molecule has 2 aromatic rings. The minimum Gasteiger partial charge on any atom is -0.478 e. The third kappa shape index (κ3) is 4.27. The highest BCUT2D eigenvalue weighted by Crippen LogP contribution is 2.46. The molecular weight excluding hydrogens is 446 g/mol. The fourth-order valence-corrected chi connectivity index (χ4v) is 5.34. The molecule has 1 aliphatic carbocycles. The Hall–Kier alpha value is -2.77. The highest BCUT2D eigenvalue weighted by molar-refractivity contribution is 8.18. The molecule has 0 bridgehead atoms. The number of nitrogens with one attached hydrogen (secondary N) is 1. The first kappa shape index (κ1) is 22.4. The van der Waals surface area contributed by atoms with Gasteiger partial charge in [-0.1, -0.05) is 30.7 Å². The largest absolute Gasteiger partial charge is 0.478 e. The van der Waals surface area contributed by atoms with Gasteiger partial charge in [-0.25, -0.2) is 4.79 Å². The van der Waals surface area contributed by atoms with Gasteiger partial charge in [-0.05, 0) is 66.4 Å². The van der Waals surface area contributed by atoms with Crippen molar-refractivity contribution in [2.45, 2.75) is 25.7 Å². The zero-order valence-electron chi connectivity index (χ0n) is 17.4. The van der Waals surface area contributed by atoms with Crippen LogP contribution in [0.4, 0.5) is 5.69 Å². The summed E-state index contributed by atoms with van der Waals surface area (Å²) in [6, 6.07) is 14.4. The summed E-state index contributed by atoms with van der Waals surface area (Å²) in [7, 11) is 0. The van der Waals surface area contributed by atoms with Gasteiger partial charge < -0.3 is 15.3 Å². The molecule has 0 atom stereocenters. The Balaban J connectivity index is 0.00000245. The van der Waals surface area contributed by atoms with Crippen molar-refractivity contribution in [1.82, 2.24) is 4.90 Å². The number of rotatable bonds is 5. The smallest absolute Gasteiger partial charge is 0.335 e. The number of aromatic carboxylic acids is 1. The van der Waals surface area contributed by atoms with Crippen molar-refractivity contribution in [1.29, 1.82) is 0 Å². The normalized spacial score (nSPS) is 17.8. The molecule has 2 aliphatic heterocycles. The lowest BCUT2D eigenvalue weighted by Gasteiger charge is -2.34.